The number of rotatable bonds is 3. The second-order valence-corrected chi connectivity index (χ2v) is 6.81. The molecule has 1 amide bonds. The second-order valence-electron chi connectivity index (χ2n) is 6.81. The first-order valence-electron chi connectivity index (χ1n) is 8.71. The zero-order chi connectivity index (χ0) is 17.6. The Morgan fingerprint density at radius 2 is 2.08 bits per heavy atom. The number of nitrogens with zero attached hydrogens (tertiary/aromatic N) is 2. The van der Waals surface area contributed by atoms with Crippen molar-refractivity contribution in [3.8, 4) is 0 Å². The van der Waals surface area contributed by atoms with E-state index in [-0.39, 0.29) is 5.91 Å². The molecule has 0 saturated carbocycles. The number of H-pyrrole nitrogens is 1. The number of anilines is 2. The molecule has 1 aliphatic rings. The number of carbonyl (C=O) groups excluding carboxylic acids is 1. The van der Waals surface area contributed by atoms with Gasteiger partial charge in [-0.15, -0.1) is 0 Å². The molecule has 0 aliphatic carbocycles. The van der Waals surface area contributed by atoms with Crippen LogP contribution in [0, 0.1) is 20.8 Å². The molecule has 25 heavy (non-hydrogen) atoms. The van der Waals surface area contributed by atoms with Gasteiger partial charge < -0.3 is 15.6 Å². The van der Waals surface area contributed by atoms with E-state index in [1.807, 2.05) is 11.6 Å². The Hall–Kier alpha value is -2.76. The first kappa shape index (κ1) is 15.7. The molecule has 0 unspecified atom stereocenters. The van der Waals surface area contributed by atoms with Gasteiger partial charge in [-0.05, 0) is 43.9 Å². The van der Waals surface area contributed by atoms with Gasteiger partial charge in [-0.2, -0.15) is 5.10 Å². The molecular formula is C19H23N5O. The van der Waals surface area contributed by atoms with E-state index < -0.39 is 0 Å². The number of aryl methyl sites for hydroxylation is 4. The highest BCUT2D eigenvalue weighted by atomic mass is 16.1. The molecule has 3 aromatic rings. The minimum atomic E-state index is -0.0203. The molecule has 3 N–H and O–H groups in total. The monoisotopic (exact) mass is 337 g/mol. The normalized spacial score (nSPS) is 13.6. The number of aromatic amines is 1. The van der Waals surface area contributed by atoms with Gasteiger partial charge in [-0.25, -0.2) is 4.68 Å². The van der Waals surface area contributed by atoms with Crippen molar-refractivity contribution in [1.29, 1.82) is 0 Å². The Bertz CT molecular complexity index is 966. The van der Waals surface area contributed by atoms with Crippen LogP contribution in [0.15, 0.2) is 18.3 Å². The lowest BCUT2D eigenvalue weighted by Gasteiger charge is -2.17. The van der Waals surface area contributed by atoms with Crippen LogP contribution in [0.5, 0.6) is 0 Å². The summed E-state index contributed by atoms with van der Waals surface area (Å²) in [7, 11) is 0. The summed E-state index contributed by atoms with van der Waals surface area (Å²) < 4.78 is 1.91. The Labute approximate surface area is 146 Å². The maximum Gasteiger partial charge on any atom is 0.229 e. The van der Waals surface area contributed by atoms with Gasteiger partial charge in [0, 0.05) is 29.7 Å². The van der Waals surface area contributed by atoms with E-state index >= 15 is 0 Å². The maximum atomic E-state index is 12.7. The molecule has 2 aromatic heterocycles. The average molecular weight is 337 g/mol. The van der Waals surface area contributed by atoms with Gasteiger partial charge >= 0.3 is 0 Å². The van der Waals surface area contributed by atoms with Gasteiger partial charge in [-0.3, -0.25) is 4.79 Å². The lowest BCUT2D eigenvalue weighted by Crippen LogP contribution is -2.20. The van der Waals surface area contributed by atoms with Crippen molar-refractivity contribution in [1.82, 2.24) is 14.8 Å². The van der Waals surface area contributed by atoms with E-state index in [2.05, 4.69) is 46.7 Å². The summed E-state index contributed by atoms with van der Waals surface area (Å²) >= 11 is 0. The number of amides is 1. The fourth-order valence-electron chi connectivity index (χ4n) is 3.66. The highest BCUT2D eigenvalue weighted by molar-refractivity contribution is 5.99. The summed E-state index contributed by atoms with van der Waals surface area (Å²) in [5, 5.41) is 11.8. The highest BCUT2D eigenvalue weighted by Gasteiger charge is 2.19. The molecule has 0 saturated heterocycles. The van der Waals surface area contributed by atoms with Crippen LogP contribution in [0.2, 0.25) is 0 Å². The minimum absolute atomic E-state index is 0.0203. The zero-order valence-electron chi connectivity index (χ0n) is 14.9. The number of fused-ring (bicyclic) bond motifs is 2. The lowest BCUT2D eigenvalue weighted by molar-refractivity contribution is -0.115. The number of nitrogens with one attached hydrogen (secondary N) is 3. The van der Waals surface area contributed by atoms with Crippen molar-refractivity contribution >= 4 is 28.3 Å². The molecular weight excluding hydrogens is 314 g/mol. The minimum Gasteiger partial charge on any atom is -0.368 e. The zero-order valence-corrected chi connectivity index (χ0v) is 14.9. The maximum absolute atomic E-state index is 12.7. The first-order valence-corrected chi connectivity index (χ1v) is 8.71. The molecule has 3 heterocycles. The van der Waals surface area contributed by atoms with Crippen molar-refractivity contribution in [2.45, 2.75) is 40.2 Å². The third-order valence-corrected chi connectivity index (χ3v) is 4.98. The van der Waals surface area contributed by atoms with Gasteiger partial charge in [0.15, 0.2) is 0 Å². The van der Waals surface area contributed by atoms with Crippen LogP contribution in [-0.2, 0) is 17.8 Å². The van der Waals surface area contributed by atoms with Crippen LogP contribution in [0.25, 0.3) is 10.9 Å². The van der Waals surface area contributed by atoms with Crippen molar-refractivity contribution in [2.24, 2.45) is 0 Å². The van der Waals surface area contributed by atoms with Crippen LogP contribution in [0.4, 0.5) is 11.5 Å². The number of hydrogen-bond donors (Lipinski definition) is 3. The topological polar surface area (TPSA) is 74.7 Å². The quantitative estimate of drug-likeness (QED) is 0.686. The molecule has 0 spiro atoms. The third kappa shape index (κ3) is 2.67. The molecule has 6 heteroatoms. The average Bonchev–Trinajstić information content (AvgIpc) is 3.14. The summed E-state index contributed by atoms with van der Waals surface area (Å²) in [4.78, 5) is 16.1. The molecule has 1 aliphatic heterocycles. The molecule has 1 aromatic carbocycles. The predicted octanol–water partition coefficient (Wildman–Crippen LogP) is 3.29. The molecule has 130 valence electrons. The van der Waals surface area contributed by atoms with Crippen molar-refractivity contribution in [3.63, 3.8) is 0 Å². The summed E-state index contributed by atoms with van der Waals surface area (Å²) in [5.41, 5.74) is 6.41. The van der Waals surface area contributed by atoms with Crippen molar-refractivity contribution < 1.29 is 4.79 Å². The first-order chi connectivity index (χ1) is 12.0. The number of benzene rings is 1. The van der Waals surface area contributed by atoms with Crippen LogP contribution < -0.4 is 10.6 Å². The largest absolute Gasteiger partial charge is 0.368 e. The van der Waals surface area contributed by atoms with E-state index in [1.165, 1.54) is 16.5 Å². The van der Waals surface area contributed by atoms with Gasteiger partial charge in [0.05, 0.1) is 12.6 Å². The van der Waals surface area contributed by atoms with Gasteiger partial charge in [0.2, 0.25) is 5.91 Å². The van der Waals surface area contributed by atoms with Crippen molar-refractivity contribution in [3.05, 3.63) is 40.7 Å². The van der Waals surface area contributed by atoms with Gasteiger partial charge in [0.1, 0.15) is 11.5 Å². The fourth-order valence-corrected chi connectivity index (χ4v) is 3.66. The Kier molecular flexibility index (Phi) is 3.75. The molecule has 0 bridgehead atoms. The molecule has 0 fully saturated rings. The summed E-state index contributed by atoms with van der Waals surface area (Å²) in [6.07, 6.45) is 3.12. The molecule has 0 radical (unpaired) electrons. The molecule has 4 rings (SSSR count). The summed E-state index contributed by atoms with van der Waals surface area (Å²) in [6, 6.07) is 4.23. The van der Waals surface area contributed by atoms with E-state index in [0.717, 1.165) is 47.8 Å². The molecule has 0 atom stereocenters. The predicted molar refractivity (Wildman–Crippen MR) is 100 cm³/mol. The lowest BCUT2D eigenvalue weighted by atomic mass is 10.0. The summed E-state index contributed by atoms with van der Waals surface area (Å²) in [5.74, 6) is 0.885. The smallest absolute Gasteiger partial charge is 0.229 e. The molecule has 6 nitrogen and oxygen atoms in total. The number of hydrogen-bond acceptors (Lipinski definition) is 3. The van der Waals surface area contributed by atoms with Crippen LogP contribution in [0.3, 0.4) is 0 Å². The number of carbonyl (C=O) groups is 1. The van der Waals surface area contributed by atoms with Crippen LogP contribution in [0.1, 0.15) is 28.8 Å². The number of aromatic nitrogens is 3. The van der Waals surface area contributed by atoms with Gasteiger partial charge in [0.25, 0.3) is 0 Å². The van der Waals surface area contributed by atoms with Crippen molar-refractivity contribution in [2.75, 3.05) is 17.2 Å². The Morgan fingerprint density at radius 3 is 2.92 bits per heavy atom. The SMILES string of the molecule is Cc1[nH]c2c(C)ccc(C)c2c1CC(=O)Nc1cnn2c1NCCC2. The highest BCUT2D eigenvalue weighted by Crippen LogP contribution is 2.29. The second kappa shape index (κ2) is 5.95. The Balaban J connectivity index is 1.61. The van der Waals surface area contributed by atoms with Crippen LogP contribution in [-0.4, -0.2) is 27.2 Å². The van der Waals surface area contributed by atoms with E-state index in [1.54, 1.807) is 6.20 Å². The van der Waals surface area contributed by atoms with E-state index in [4.69, 9.17) is 0 Å². The van der Waals surface area contributed by atoms with E-state index in [9.17, 15) is 4.79 Å². The standard InChI is InChI=1S/C19H23N5O/c1-11-5-6-12(2)18-17(11)14(13(3)22-18)9-16(25)23-15-10-21-24-8-4-7-20-19(15)24/h5-6,10,20,22H,4,7-9H2,1-3H3,(H,23,25). The fraction of sp³-hybridized carbons (Fsp3) is 0.368. The van der Waals surface area contributed by atoms with Crippen LogP contribution >= 0.6 is 0 Å². The van der Waals surface area contributed by atoms with E-state index in [0.29, 0.717) is 6.42 Å². The van der Waals surface area contributed by atoms with Gasteiger partial charge in [-0.1, -0.05) is 12.1 Å². The summed E-state index contributed by atoms with van der Waals surface area (Å²) in [6.45, 7) is 8.01. The third-order valence-electron chi connectivity index (χ3n) is 4.98. The Morgan fingerprint density at radius 1 is 1.28 bits per heavy atom.